The molecule has 1 amide bonds. The maximum atomic E-state index is 12.4. The van der Waals surface area contributed by atoms with Crippen molar-refractivity contribution in [3.8, 4) is 0 Å². The van der Waals surface area contributed by atoms with Gasteiger partial charge in [0.05, 0.1) is 0 Å². The predicted octanol–water partition coefficient (Wildman–Crippen LogP) is 1.56. The molecule has 0 saturated heterocycles. The summed E-state index contributed by atoms with van der Waals surface area (Å²) < 4.78 is 11.4. The first-order chi connectivity index (χ1) is 10.1. The van der Waals surface area contributed by atoms with Gasteiger partial charge in [0.15, 0.2) is 0 Å². The van der Waals surface area contributed by atoms with E-state index in [2.05, 4.69) is 5.32 Å². The molecular weight excluding hydrogens is 286 g/mol. The van der Waals surface area contributed by atoms with Crippen LogP contribution >= 0.6 is 0 Å². The first-order valence-electron chi connectivity index (χ1n) is 7.45. The molecule has 1 aromatic carbocycles. The Morgan fingerprint density at radius 3 is 2.57 bits per heavy atom. The third-order valence-corrected chi connectivity index (χ3v) is 5.98. The fourth-order valence-electron chi connectivity index (χ4n) is 3.93. The van der Waals surface area contributed by atoms with E-state index in [1.807, 2.05) is 0 Å². The molecule has 0 aliphatic heterocycles. The number of hydrogen-bond donors (Lipinski definition) is 2. The van der Waals surface area contributed by atoms with Crippen molar-refractivity contribution in [2.75, 3.05) is 12.9 Å². The normalized spacial score (nSPS) is 32.1. The van der Waals surface area contributed by atoms with Crippen LogP contribution in [0, 0.1) is 17.8 Å². The number of carbonyl (C=O) groups is 1. The van der Waals surface area contributed by atoms with Crippen LogP contribution < -0.4 is 5.32 Å². The third kappa shape index (κ3) is 2.77. The van der Waals surface area contributed by atoms with Crippen LogP contribution in [0.1, 0.15) is 29.6 Å². The number of aliphatic hydroxyl groups excluding tert-OH is 1. The highest BCUT2D eigenvalue weighted by Gasteiger charge is 2.47. The minimum absolute atomic E-state index is 0.0977. The largest absolute Gasteiger partial charge is 0.396 e. The summed E-state index contributed by atoms with van der Waals surface area (Å²) in [4.78, 5) is 13.1. The van der Waals surface area contributed by atoms with Gasteiger partial charge in [-0.15, -0.1) is 0 Å². The molecule has 21 heavy (non-hydrogen) atoms. The van der Waals surface area contributed by atoms with E-state index in [1.165, 1.54) is 6.42 Å². The second-order valence-electron chi connectivity index (χ2n) is 6.16. The van der Waals surface area contributed by atoms with Crippen LogP contribution in [0.4, 0.5) is 0 Å². The molecule has 0 radical (unpaired) electrons. The summed E-state index contributed by atoms with van der Waals surface area (Å²) in [6.45, 7) is 0.153. The minimum Gasteiger partial charge on any atom is -0.396 e. The summed E-state index contributed by atoms with van der Waals surface area (Å²) in [6.07, 6.45) is 5.08. The summed E-state index contributed by atoms with van der Waals surface area (Å²) >= 11 is 0. The topological polar surface area (TPSA) is 66.4 Å². The Balaban J connectivity index is 1.70. The molecule has 2 bridgehead atoms. The molecule has 0 heterocycles. The lowest BCUT2D eigenvalue weighted by Crippen LogP contribution is -2.45. The maximum Gasteiger partial charge on any atom is 0.251 e. The molecule has 2 N–H and O–H groups in total. The van der Waals surface area contributed by atoms with Crippen LogP contribution in [-0.2, 0) is 10.8 Å². The van der Waals surface area contributed by atoms with Gasteiger partial charge in [0.1, 0.15) is 0 Å². The van der Waals surface area contributed by atoms with Crippen LogP contribution in [0.2, 0.25) is 0 Å². The van der Waals surface area contributed by atoms with E-state index in [4.69, 9.17) is 0 Å². The second-order valence-corrected chi connectivity index (χ2v) is 7.54. The smallest absolute Gasteiger partial charge is 0.251 e. The fraction of sp³-hybridized carbons (Fsp3) is 0.562. The summed E-state index contributed by atoms with van der Waals surface area (Å²) in [5.74, 6) is 1.18. The zero-order valence-corrected chi connectivity index (χ0v) is 12.9. The van der Waals surface area contributed by atoms with Crippen LogP contribution in [0.25, 0.3) is 0 Å². The zero-order chi connectivity index (χ0) is 15.0. The number of nitrogens with one attached hydrogen (secondary N) is 1. The third-order valence-electron chi connectivity index (χ3n) is 5.05. The van der Waals surface area contributed by atoms with Crippen molar-refractivity contribution in [1.82, 2.24) is 5.32 Å². The van der Waals surface area contributed by atoms with E-state index in [0.29, 0.717) is 17.4 Å². The molecule has 5 unspecified atom stereocenters. The first-order valence-corrected chi connectivity index (χ1v) is 9.01. The van der Waals surface area contributed by atoms with Crippen molar-refractivity contribution < 1.29 is 14.1 Å². The van der Waals surface area contributed by atoms with Crippen LogP contribution in [-0.4, -0.2) is 34.1 Å². The molecule has 4 nitrogen and oxygen atoms in total. The molecule has 1 aromatic rings. The average Bonchev–Trinajstić information content (AvgIpc) is 3.08. The van der Waals surface area contributed by atoms with Crippen molar-refractivity contribution in [3.63, 3.8) is 0 Å². The standard InChI is InChI=1S/C16H21NO3S/c1-21(20)13-6-4-10(5-7-13)16(19)17-15-12-3-2-11(8-12)14(15)9-18/h4-7,11-12,14-15,18H,2-3,8-9H2,1H3,(H,17,19). The van der Waals surface area contributed by atoms with Gasteiger partial charge in [-0.05, 0) is 55.4 Å². The van der Waals surface area contributed by atoms with E-state index >= 15 is 0 Å². The average molecular weight is 307 g/mol. The van der Waals surface area contributed by atoms with Gasteiger partial charge in [0.25, 0.3) is 5.91 Å². The number of amides is 1. The Kier molecular flexibility index (Phi) is 4.13. The van der Waals surface area contributed by atoms with Crippen molar-refractivity contribution in [2.45, 2.75) is 30.2 Å². The van der Waals surface area contributed by atoms with Crippen LogP contribution in [0.5, 0.6) is 0 Å². The van der Waals surface area contributed by atoms with E-state index in [9.17, 15) is 14.1 Å². The second kappa shape index (κ2) is 5.89. The lowest BCUT2D eigenvalue weighted by Gasteiger charge is -2.30. The Morgan fingerprint density at radius 2 is 1.95 bits per heavy atom. The van der Waals surface area contributed by atoms with Crippen LogP contribution in [0.3, 0.4) is 0 Å². The summed E-state index contributed by atoms with van der Waals surface area (Å²) in [7, 11) is -1.03. The highest BCUT2D eigenvalue weighted by atomic mass is 32.2. The number of benzene rings is 1. The summed E-state index contributed by atoms with van der Waals surface area (Å²) in [5.41, 5.74) is 0.587. The molecule has 2 aliphatic carbocycles. The van der Waals surface area contributed by atoms with E-state index in [1.54, 1.807) is 30.5 Å². The van der Waals surface area contributed by atoms with Gasteiger partial charge in [-0.2, -0.15) is 0 Å². The Hall–Kier alpha value is -1.20. The molecule has 2 fully saturated rings. The molecule has 2 saturated carbocycles. The monoisotopic (exact) mass is 307 g/mol. The molecule has 3 rings (SSSR count). The summed E-state index contributed by atoms with van der Waals surface area (Å²) in [6, 6.07) is 6.99. The highest BCUT2D eigenvalue weighted by molar-refractivity contribution is 7.84. The van der Waals surface area contributed by atoms with Gasteiger partial charge in [-0.3, -0.25) is 9.00 Å². The van der Waals surface area contributed by atoms with E-state index in [-0.39, 0.29) is 24.5 Å². The van der Waals surface area contributed by atoms with Gasteiger partial charge < -0.3 is 10.4 Å². The Labute approximate surface area is 127 Å². The van der Waals surface area contributed by atoms with Gasteiger partial charge in [0, 0.05) is 46.1 Å². The van der Waals surface area contributed by atoms with Crippen molar-refractivity contribution in [3.05, 3.63) is 29.8 Å². The van der Waals surface area contributed by atoms with Gasteiger partial charge in [-0.25, -0.2) is 0 Å². The molecule has 2 aliphatic rings. The molecule has 5 heteroatoms. The van der Waals surface area contributed by atoms with Crippen molar-refractivity contribution >= 4 is 16.7 Å². The molecule has 0 aromatic heterocycles. The minimum atomic E-state index is -1.03. The maximum absolute atomic E-state index is 12.4. The van der Waals surface area contributed by atoms with Crippen molar-refractivity contribution in [2.24, 2.45) is 17.8 Å². The fourth-order valence-corrected chi connectivity index (χ4v) is 4.45. The summed E-state index contributed by atoms with van der Waals surface area (Å²) in [5, 5.41) is 12.7. The van der Waals surface area contributed by atoms with E-state index in [0.717, 1.165) is 17.7 Å². The number of hydrogen-bond acceptors (Lipinski definition) is 3. The molecule has 5 atom stereocenters. The van der Waals surface area contributed by atoms with Gasteiger partial charge in [-0.1, -0.05) is 0 Å². The number of carbonyl (C=O) groups excluding carboxylic acids is 1. The van der Waals surface area contributed by atoms with Crippen molar-refractivity contribution in [1.29, 1.82) is 0 Å². The number of fused-ring (bicyclic) bond motifs is 2. The van der Waals surface area contributed by atoms with E-state index < -0.39 is 10.8 Å². The van der Waals surface area contributed by atoms with Gasteiger partial charge in [0.2, 0.25) is 0 Å². The van der Waals surface area contributed by atoms with Crippen LogP contribution in [0.15, 0.2) is 29.2 Å². The number of rotatable bonds is 4. The predicted molar refractivity (Wildman–Crippen MR) is 81.4 cm³/mol. The SMILES string of the molecule is CS(=O)c1ccc(C(=O)NC2C3CCC(C3)C2CO)cc1. The first kappa shape index (κ1) is 14.7. The molecule has 0 spiro atoms. The Bertz CT molecular complexity index is 557. The highest BCUT2D eigenvalue weighted by Crippen LogP contribution is 2.48. The molecular formula is C16H21NO3S. The molecule has 114 valence electrons. The zero-order valence-electron chi connectivity index (χ0n) is 12.1. The Morgan fingerprint density at radius 1 is 1.29 bits per heavy atom. The quantitative estimate of drug-likeness (QED) is 0.887. The lowest BCUT2D eigenvalue weighted by atomic mass is 9.85. The lowest BCUT2D eigenvalue weighted by molar-refractivity contribution is 0.0861. The number of aliphatic hydroxyl groups is 1. The van der Waals surface area contributed by atoms with Gasteiger partial charge >= 0.3 is 0 Å².